The van der Waals surface area contributed by atoms with Gasteiger partial charge in [0.1, 0.15) is 10.8 Å². The molecule has 0 bridgehead atoms. The number of rotatable bonds is 8. The first-order chi connectivity index (χ1) is 16.0. The van der Waals surface area contributed by atoms with Crippen LogP contribution in [0.2, 0.25) is 0 Å². The number of thiophene rings is 1. The van der Waals surface area contributed by atoms with E-state index in [1.54, 1.807) is 0 Å². The normalized spacial score (nSPS) is 17.4. The number of β-amino-alcohol motifs (C(OH)–C–C–N with tert-alkyl or cyclic N) is 1. The molecule has 0 amide bonds. The lowest BCUT2D eigenvalue weighted by Crippen LogP contribution is -2.37. The standard InChI is InChI=1S/C23H25F3N2O4S2/c1-16-20-4-2-3-5-21(20)33-22(16)28(34(30,31)13-12-27-11-10-18(29)15-27)14-17-6-8-19(9-7-17)32-23(24,25)26/h2-9,18,29H,10-15H2,1H3. The summed E-state index contributed by atoms with van der Waals surface area (Å²) in [6.07, 6.45) is -4.62. The van der Waals surface area contributed by atoms with Crippen LogP contribution in [0.3, 0.4) is 0 Å². The number of ether oxygens (including phenoxy) is 1. The van der Waals surface area contributed by atoms with Gasteiger partial charge in [-0.25, -0.2) is 8.42 Å². The van der Waals surface area contributed by atoms with Crippen LogP contribution in [0, 0.1) is 6.92 Å². The van der Waals surface area contributed by atoms with Gasteiger partial charge in [0, 0.05) is 24.3 Å². The Labute approximate surface area is 200 Å². The predicted octanol–water partition coefficient (Wildman–Crippen LogP) is 4.51. The summed E-state index contributed by atoms with van der Waals surface area (Å²) in [5, 5.41) is 11.3. The van der Waals surface area contributed by atoms with Gasteiger partial charge < -0.3 is 9.84 Å². The summed E-state index contributed by atoms with van der Waals surface area (Å²) in [6, 6.07) is 12.9. The Morgan fingerprint density at radius 3 is 2.50 bits per heavy atom. The summed E-state index contributed by atoms with van der Waals surface area (Å²) in [7, 11) is -3.78. The fourth-order valence-corrected chi connectivity index (χ4v) is 7.04. The molecule has 0 spiro atoms. The second-order valence-electron chi connectivity index (χ2n) is 8.29. The predicted molar refractivity (Wildman–Crippen MR) is 127 cm³/mol. The third-order valence-electron chi connectivity index (χ3n) is 5.78. The molecule has 0 saturated carbocycles. The molecule has 11 heteroatoms. The molecular formula is C23H25F3N2O4S2. The number of alkyl halides is 3. The Balaban J connectivity index is 1.63. The fraction of sp³-hybridized carbons (Fsp3) is 0.391. The van der Waals surface area contributed by atoms with Crippen molar-refractivity contribution in [3.63, 3.8) is 0 Å². The number of halogens is 3. The van der Waals surface area contributed by atoms with E-state index in [0.29, 0.717) is 30.1 Å². The number of aliphatic hydroxyl groups is 1. The summed E-state index contributed by atoms with van der Waals surface area (Å²) in [5.41, 5.74) is 1.37. The molecule has 1 unspecified atom stereocenters. The molecule has 1 aromatic heterocycles. The zero-order valence-electron chi connectivity index (χ0n) is 18.5. The zero-order valence-corrected chi connectivity index (χ0v) is 20.1. The third kappa shape index (κ3) is 5.83. The lowest BCUT2D eigenvalue weighted by atomic mass is 10.2. The van der Waals surface area contributed by atoms with Crippen molar-refractivity contribution in [1.29, 1.82) is 0 Å². The van der Waals surface area contributed by atoms with Gasteiger partial charge in [-0.2, -0.15) is 0 Å². The van der Waals surface area contributed by atoms with Crippen molar-refractivity contribution in [2.75, 3.05) is 29.7 Å². The van der Waals surface area contributed by atoms with Gasteiger partial charge in [0.05, 0.1) is 18.4 Å². The van der Waals surface area contributed by atoms with Crippen molar-refractivity contribution in [3.8, 4) is 5.75 Å². The molecule has 1 atom stereocenters. The maximum Gasteiger partial charge on any atom is 0.573 e. The molecule has 2 aromatic carbocycles. The van der Waals surface area contributed by atoms with E-state index in [-0.39, 0.29) is 24.6 Å². The van der Waals surface area contributed by atoms with E-state index >= 15 is 0 Å². The summed E-state index contributed by atoms with van der Waals surface area (Å²) in [5.74, 6) is -0.501. The van der Waals surface area contributed by atoms with Crippen LogP contribution in [0.5, 0.6) is 5.75 Å². The van der Waals surface area contributed by atoms with Crippen LogP contribution in [-0.4, -0.2) is 56.3 Å². The first-order valence-corrected chi connectivity index (χ1v) is 13.2. The summed E-state index contributed by atoms with van der Waals surface area (Å²) in [4.78, 5) is 1.92. The lowest BCUT2D eigenvalue weighted by molar-refractivity contribution is -0.274. The highest BCUT2D eigenvalue weighted by atomic mass is 32.2. The van der Waals surface area contributed by atoms with E-state index in [9.17, 15) is 26.7 Å². The van der Waals surface area contributed by atoms with Crippen LogP contribution < -0.4 is 9.04 Å². The highest BCUT2D eigenvalue weighted by Crippen LogP contribution is 2.39. The van der Waals surface area contributed by atoms with E-state index in [4.69, 9.17) is 0 Å². The molecule has 0 aliphatic carbocycles. The number of anilines is 1. The Morgan fingerprint density at radius 2 is 1.88 bits per heavy atom. The number of nitrogens with zero attached hydrogens (tertiary/aromatic N) is 2. The minimum Gasteiger partial charge on any atom is -0.406 e. The second kappa shape index (κ2) is 9.73. The summed E-state index contributed by atoms with van der Waals surface area (Å²) < 4.78 is 70.7. The van der Waals surface area contributed by atoms with Crippen LogP contribution in [-0.2, 0) is 16.6 Å². The second-order valence-corrected chi connectivity index (χ2v) is 11.3. The van der Waals surface area contributed by atoms with Crippen molar-refractivity contribution in [3.05, 3.63) is 59.7 Å². The van der Waals surface area contributed by atoms with Crippen molar-refractivity contribution >= 4 is 36.4 Å². The maximum atomic E-state index is 13.5. The molecule has 2 heterocycles. The molecule has 1 aliphatic heterocycles. The Bertz CT molecular complexity index is 1240. The van der Waals surface area contributed by atoms with Gasteiger partial charge in [0.2, 0.25) is 10.0 Å². The smallest absolute Gasteiger partial charge is 0.406 e. The number of fused-ring (bicyclic) bond motifs is 1. The Hall–Kier alpha value is -2.34. The minimum atomic E-state index is -4.80. The van der Waals surface area contributed by atoms with E-state index in [1.165, 1.54) is 39.9 Å². The van der Waals surface area contributed by atoms with Crippen LogP contribution in [0.1, 0.15) is 17.5 Å². The fourth-order valence-electron chi connectivity index (χ4n) is 4.03. The SMILES string of the molecule is Cc1c(N(Cc2ccc(OC(F)(F)F)cc2)S(=O)(=O)CCN2CCC(O)C2)sc2ccccc12. The molecule has 34 heavy (non-hydrogen) atoms. The molecule has 184 valence electrons. The number of hydrogen-bond acceptors (Lipinski definition) is 6. The van der Waals surface area contributed by atoms with Gasteiger partial charge in [-0.15, -0.1) is 24.5 Å². The topological polar surface area (TPSA) is 70.1 Å². The first kappa shape index (κ1) is 24.8. The number of aliphatic hydroxyl groups excluding tert-OH is 1. The minimum absolute atomic E-state index is 0.0229. The number of aryl methyl sites for hydroxylation is 1. The van der Waals surface area contributed by atoms with Crippen LogP contribution in [0.4, 0.5) is 18.2 Å². The van der Waals surface area contributed by atoms with Crippen molar-refractivity contribution in [1.82, 2.24) is 4.90 Å². The largest absolute Gasteiger partial charge is 0.573 e. The van der Waals surface area contributed by atoms with E-state index in [2.05, 4.69) is 4.74 Å². The molecule has 1 N–H and O–H groups in total. The van der Waals surface area contributed by atoms with Crippen LogP contribution >= 0.6 is 11.3 Å². The van der Waals surface area contributed by atoms with E-state index in [0.717, 1.165) is 15.6 Å². The molecule has 4 rings (SSSR count). The Kier molecular flexibility index (Phi) is 7.09. The quantitative estimate of drug-likeness (QED) is 0.479. The third-order valence-corrected chi connectivity index (χ3v) is 8.87. The van der Waals surface area contributed by atoms with E-state index in [1.807, 2.05) is 36.1 Å². The van der Waals surface area contributed by atoms with Crippen molar-refractivity contribution in [2.24, 2.45) is 0 Å². The summed E-state index contributed by atoms with van der Waals surface area (Å²) in [6.45, 7) is 3.22. The summed E-state index contributed by atoms with van der Waals surface area (Å²) >= 11 is 1.37. The molecule has 1 saturated heterocycles. The van der Waals surface area contributed by atoms with Gasteiger partial charge in [0.15, 0.2) is 0 Å². The van der Waals surface area contributed by atoms with Crippen LogP contribution in [0.25, 0.3) is 10.1 Å². The van der Waals surface area contributed by atoms with Gasteiger partial charge in [0.25, 0.3) is 0 Å². The molecule has 1 fully saturated rings. The molecule has 6 nitrogen and oxygen atoms in total. The monoisotopic (exact) mass is 514 g/mol. The average Bonchev–Trinajstić information content (AvgIpc) is 3.34. The van der Waals surface area contributed by atoms with Crippen molar-refractivity contribution < 1.29 is 31.4 Å². The maximum absolute atomic E-state index is 13.5. The molecule has 0 radical (unpaired) electrons. The number of likely N-dealkylation sites (tertiary alicyclic amines) is 1. The van der Waals surface area contributed by atoms with Gasteiger partial charge in [-0.3, -0.25) is 9.21 Å². The highest BCUT2D eigenvalue weighted by molar-refractivity contribution is 7.93. The highest BCUT2D eigenvalue weighted by Gasteiger charge is 2.32. The number of benzene rings is 2. The molecular weight excluding hydrogens is 489 g/mol. The average molecular weight is 515 g/mol. The van der Waals surface area contributed by atoms with Gasteiger partial charge in [-0.05, 0) is 48.1 Å². The van der Waals surface area contributed by atoms with Gasteiger partial charge >= 0.3 is 6.36 Å². The van der Waals surface area contributed by atoms with Crippen LogP contribution in [0.15, 0.2) is 48.5 Å². The number of hydrogen-bond donors (Lipinski definition) is 1. The van der Waals surface area contributed by atoms with Gasteiger partial charge in [-0.1, -0.05) is 30.3 Å². The zero-order chi connectivity index (χ0) is 24.5. The molecule has 3 aromatic rings. The van der Waals surface area contributed by atoms with E-state index < -0.39 is 22.5 Å². The Morgan fingerprint density at radius 1 is 1.18 bits per heavy atom. The number of sulfonamides is 1. The molecule has 1 aliphatic rings. The lowest BCUT2D eigenvalue weighted by Gasteiger charge is -2.25. The van der Waals surface area contributed by atoms with Crippen molar-refractivity contribution in [2.45, 2.75) is 32.4 Å². The first-order valence-electron chi connectivity index (χ1n) is 10.8.